The van der Waals surface area contributed by atoms with Gasteiger partial charge >= 0.3 is 0 Å². The molecule has 292 valence electrons. The van der Waals surface area contributed by atoms with Crippen molar-refractivity contribution in [2.45, 2.75) is 77.5 Å². The highest BCUT2D eigenvalue weighted by Crippen LogP contribution is 2.16. The van der Waals surface area contributed by atoms with Crippen LogP contribution in [0, 0.1) is 11.8 Å². The lowest BCUT2D eigenvalue weighted by Gasteiger charge is -2.33. The quantitative estimate of drug-likeness (QED) is 0.0776. The third-order valence-electron chi connectivity index (χ3n) is 9.51. The van der Waals surface area contributed by atoms with Crippen LogP contribution >= 0.6 is 0 Å². The highest BCUT2D eigenvalue weighted by molar-refractivity contribution is 5.98. The van der Waals surface area contributed by atoms with Gasteiger partial charge in [-0.1, -0.05) is 119 Å². The molecular weight excluding hydrogens is 707 g/mol. The minimum atomic E-state index is -1.49. The van der Waals surface area contributed by atoms with Gasteiger partial charge in [0.1, 0.15) is 23.8 Å². The van der Waals surface area contributed by atoms with Crippen LogP contribution in [0.4, 0.5) is 0 Å². The number of hydrogen-bond acceptors (Lipinski definition) is 8. The second-order valence-electron chi connectivity index (χ2n) is 14.5. The van der Waals surface area contributed by atoms with Crippen molar-refractivity contribution in [1.82, 2.24) is 36.6 Å². The predicted molar refractivity (Wildman–Crippen MR) is 216 cm³/mol. The molecule has 0 aliphatic rings. The zero-order chi connectivity index (χ0) is 40.0. The second kappa shape index (κ2) is 20.1. The molecule has 5 aromatic rings. The van der Waals surface area contributed by atoms with E-state index in [1.165, 1.54) is 0 Å². The first-order valence-corrected chi connectivity index (χ1v) is 18.9. The summed E-state index contributed by atoms with van der Waals surface area (Å²) in [4.78, 5) is 64.1. The molecule has 0 aliphatic heterocycles. The van der Waals surface area contributed by atoms with E-state index in [0.29, 0.717) is 11.2 Å². The molecule has 0 bridgehead atoms. The van der Waals surface area contributed by atoms with Gasteiger partial charge in [-0.25, -0.2) is 4.98 Å². The van der Waals surface area contributed by atoms with Gasteiger partial charge in [0, 0.05) is 18.1 Å². The van der Waals surface area contributed by atoms with Gasteiger partial charge in [0.05, 0.1) is 29.9 Å². The van der Waals surface area contributed by atoms with Crippen LogP contribution in [0.2, 0.25) is 0 Å². The first-order chi connectivity index (χ1) is 27.0. The maximum Gasteiger partial charge on any atom is 0.270 e. The Kier molecular flexibility index (Phi) is 14.8. The summed E-state index contributed by atoms with van der Waals surface area (Å²) in [6.07, 6.45) is 0.309. The summed E-state index contributed by atoms with van der Waals surface area (Å²) in [5, 5.41) is 27.8. The fraction of sp³-hybridized carbons (Fsp3) is 0.318. The number of rotatable bonds is 18. The van der Waals surface area contributed by atoms with E-state index < -0.39 is 53.9 Å². The number of fused-ring (bicyclic) bond motifs is 1. The Balaban J connectivity index is 1.39. The molecule has 3 aromatic carbocycles. The summed E-state index contributed by atoms with van der Waals surface area (Å²) in [7, 11) is 0. The van der Waals surface area contributed by atoms with Gasteiger partial charge in [0.2, 0.25) is 17.7 Å². The number of para-hydroxylation sites is 1. The van der Waals surface area contributed by atoms with E-state index >= 15 is 0 Å². The lowest BCUT2D eigenvalue weighted by molar-refractivity contribution is -0.134. The van der Waals surface area contributed by atoms with Gasteiger partial charge in [-0.05, 0) is 53.6 Å². The number of benzene rings is 3. The Morgan fingerprint density at radius 1 is 0.607 bits per heavy atom. The Labute approximate surface area is 327 Å². The second-order valence-corrected chi connectivity index (χ2v) is 14.5. The molecule has 5 atom stereocenters. The number of carbonyl (C=O) groups is 4. The van der Waals surface area contributed by atoms with Crippen molar-refractivity contribution in [2.75, 3.05) is 0 Å². The summed E-state index contributed by atoms with van der Waals surface area (Å²) < 4.78 is 0. The number of amides is 4. The molecule has 0 radical (unpaired) electrons. The molecule has 0 saturated carbocycles. The van der Waals surface area contributed by atoms with E-state index in [4.69, 9.17) is 0 Å². The average Bonchev–Trinajstić information content (AvgIpc) is 3.21. The lowest BCUT2D eigenvalue weighted by atomic mass is 9.93. The number of aliphatic hydroxyl groups excluding tert-OH is 1. The van der Waals surface area contributed by atoms with Crippen molar-refractivity contribution in [2.24, 2.45) is 11.8 Å². The first kappa shape index (κ1) is 41.2. The standard InChI is InChI=1S/C44H51N7O5/c1-28(2)37(42(54)47-27-33-20-13-14-24-45-33)51-44(56)39(46-26-31-17-9-6-10-18-31)40(52)36(25-30-15-7-5-8-16-30)49-43(55)38(29(3)4)50-41(53)35-23-22-32-19-11-12-21-34(32)48-35/h5-24,28-29,36-40,46,52H,25-27H2,1-4H3,(H,47,54)(H,49,55)(H,50,53)(H,51,56)/t36-,37-,38-,39+,40+/m0/s1. The van der Waals surface area contributed by atoms with E-state index in [2.05, 4.69) is 36.6 Å². The van der Waals surface area contributed by atoms with Gasteiger partial charge in [-0.15, -0.1) is 0 Å². The summed E-state index contributed by atoms with van der Waals surface area (Å²) in [6, 6.07) is 30.7. The molecule has 0 fully saturated rings. The maximum absolute atomic E-state index is 14.3. The molecule has 2 heterocycles. The Hall–Kier alpha value is -5.98. The average molecular weight is 758 g/mol. The number of aliphatic hydroxyl groups is 1. The molecule has 12 heteroatoms. The molecule has 56 heavy (non-hydrogen) atoms. The normalized spacial score (nSPS) is 14.0. The van der Waals surface area contributed by atoms with Crippen LogP contribution in [-0.2, 0) is 33.9 Å². The number of hydrogen-bond donors (Lipinski definition) is 6. The van der Waals surface area contributed by atoms with E-state index in [0.717, 1.165) is 16.5 Å². The van der Waals surface area contributed by atoms with Crippen molar-refractivity contribution in [3.8, 4) is 0 Å². The number of aromatic nitrogens is 2. The SMILES string of the molecule is CC(C)[C@H](NC(=O)c1ccc2ccccc2n1)C(=O)N[C@@H](Cc1ccccc1)[C@@H](O)[C@@H](NCc1ccccc1)C(=O)N[C@H](C(=O)NCc1ccccn1)C(C)C. The van der Waals surface area contributed by atoms with Crippen molar-refractivity contribution in [3.05, 3.63) is 144 Å². The number of pyridine rings is 2. The lowest BCUT2D eigenvalue weighted by Crippen LogP contribution is -2.63. The topological polar surface area (TPSA) is 174 Å². The fourth-order valence-corrected chi connectivity index (χ4v) is 6.33. The Morgan fingerprint density at radius 3 is 1.88 bits per heavy atom. The smallest absolute Gasteiger partial charge is 0.270 e. The summed E-state index contributed by atoms with van der Waals surface area (Å²) >= 11 is 0. The minimum absolute atomic E-state index is 0.160. The van der Waals surface area contributed by atoms with Gasteiger partial charge in [-0.3, -0.25) is 29.5 Å². The molecule has 0 saturated heterocycles. The number of nitrogens with zero attached hydrogens (tertiary/aromatic N) is 2. The molecule has 2 aromatic heterocycles. The number of carbonyl (C=O) groups excluding carboxylic acids is 4. The number of nitrogens with one attached hydrogen (secondary N) is 5. The van der Waals surface area contributed by atoms with E-state index in [1.807, 2.05) is 119 Å². The predicted octanol–water partition coefficient (Wildman–Crippen LogP) is 4.09. The van der Waals surface area contributed by atoms with Crippen LogP contribution in [0.25, 0.3) is 10.9 Å². The van der Waals surface area contributed by atoms with Crippen LogP contribution in [0.3, 0.4) is 0 Å². The van der Waals surface area contributed by atoms with Crippen molar-refractivity contribution in [1.29, 1.82) is 0 Å². The van der Waals surface area contributed by atoms with Crippen molar-refractivity contribution in [3.63, 3.8) is 0 Å². The molecule has 0 aliphatic carbocycles. The van der Waals surface area contributed by atoms with Crippen LogP contribution in [0.1, 0.15) is 55.0 Å². The van der Waals surface area contributed by atoms with Gasteiger partial charge in [0.15, 0.2) is 0 Å². The molecule has 12 nitrogen and oxygen atoms in total. The van der Waals surface area contributed by atoms with Gasteiger partial charge in [-0.2, -0.15) is 0 Å². The van der Waals surface area contributed by atoms with Crippen LogP contribution in [0.5, 0.6) is 0 Å². The Morgan fingerprint density at radius 2 is 1.21 bits per heavy atom. The van der Waals surface area contributed by atoms with Crippen molar-refractivity contribution < 1.29 is 24.3 Å². The molecule has 5 rings (SSSR count). The highest BCUT2D eigenvalue weighted by atomic mass is 16.3. The largest absolute Gasteiger partial charge is 0.389 e. The summed E-state index contributed by atoms with van der Waals surface area (Å²) in [5.74, 6) is -2.73. The van der Waals surface area contributed by atoms with Crippen molar-refractivity contribution >= 4 is 34.5 Å². The van der Waals surface area contributed by atoms with Gasteiger partial charge < -0.3 is 26.4 Å². The van der Waals surface area contributed by atoms with Crippen LogP contribution < -0.4 is 26.6 Å². The first-order valence-electron chi connectivity index (χ1n) is 18.9. The third-order valence-corrected chi connectivity index (χ3v) is 9.51. The third kappa shape index (κ3) is 11.5. The zero-order valence-electron chi connectivity index (χ0n) is 32.2. The minimum Gasteiger partial charge on any atom is -0.389 e. The maximum atomic E-state index is 14.3. The zero-order valence-corrected chi connectivity index (χ0v) is 32.2. The fourth-order valence-electron chi connectivity index (χ4n) is 6.33. The summed E-state index contributed by atoms with van der Waals surface area (Å²) in [6.45, 7) is 7.64. The van der Waals surface area contributed by atoms with E-state index in [-0.39, 0.29) is 37.0 Å². The van der Waals surface area contributed by atoms with Crippen LogP contribution in [0.15, 0.2) is 121 Å². The molecule has 6 N–H and O–H groups in total. The summed E-state index contributed by atoms with van der Waals surface area (Å²) in [5.41, 5.74) is 3.14. The van der Waals surface area contributed by atoms with E-state index in [1.54, 1.807) is 30.5 Å². The Bertz CT molecular complexity index is 2050. The molecular formula is C44H51N7O5. The van der Waals surface area contributed by atoms with E-state index in [9.17, 15) is 24.3 Å². The molecule has 0 spiro atoms. The van der Waals surface area contributed by atoms with Gasteiger partial charge in [0.25, 0.3) is 5.91 Å². The van der Waals surface area contributed by atoms with Crippen LogP contribution in [-0.4, -0.2) is 69.0 Å². The molecule has 0 unspecified atom stereocenters. The highest BCUT2D eigenvalue weighted by Gasteiger charge is 2.38. The monoisotopic (exact) mass is 757 g/mol. The molecule has 4 amide bonds.